The summed E-state index contributed by atoms with van der Waals surface area (Å²) in [5.74, 6) is -1.43. The fourth-order valence-corrected chi connectivity index (χ4v) is 1.50. The molecule has 16 heavy (non-hydrogen) atoms. The minimum absolute atomic E-state index is 0.00701. The van der Waals surface area contributed by atoms with Gasteiger partial charge in [0, 0.05) is 0 Å². The lowest BCUT2D eigenvalue weighted by Gasteiger charge is -2.11. The molecule has 0 radical (unpaired) electrons. The number of hydrogen-bond donors (Lipinski definition) is 1. The fraction of sp³-hybridized carbons (Fsp3) is 0.286. The van der Waals surface area contributed by atoms with Crippen molar-refractivity contribution in [1.82, 2.24) is 4.98 Å². The number of ether oxygens (including phenoxy) is 1. The molecular formula is C7H3F5INO2. The number of halogens is 6. The van der Waals surface area contributed by atoms with E-state index in [9.17, 15) is 26.7 Å². The predicted octanol–water partition coefficient (Wildman–Crippen LogP) is 2.82. The van der Waals surface area contributed by atoms with Crippen molar-refractivity contribution in [1.29, 1.82) is 0 Å². The van der Waals surface area contributed by atoms with Crippen LogP contribution in [0.25, 0.3) is 0 Å². The molecule has 0 saturated heterocycles. The van der Waals surface area contributed by atoms with E-state index in [1.165, 1.54) is 22.6 Å². The van der Waals surface area contributed by atoms with Crippen molar-refractivity contribution in [3.05, 3.63) is 25.7 Å². The largest absolute Gasteiger partial charge is 0.573 e. The molecule has 1 aromatic rings. The number of alkyl halides is 5. The van der Waals surface area contributed by atoms with Crippen molar-refractivity contribution in [2.24, 2.45) is 0 Å². The average molecular weight is 355 g/mol. The first-order valence-electron chi connectivity index (χ1n) is 3.67. The van der Waals surface area contributed by atoms with E-state index in [-0.39, 0.29) is 3.70 Å². The van der Waals surface area contributed by atoms with Crippen molar-refractivity contribution in [2.75, 3.05) is 0 Å². The third-order valence-electron chi connectivity index (χ3n) is 1.44. The minimum atomic E-state index is -5.19. The maximum atomic E-state index is 12.4. The molecule has 0 atom stereocenters. The van der Waals surface area contributed by atoms with Gasteiger partial charge in [-0.05, 0) is 28.7 Å². The van der Waals surface area contributed by atoms with Gasteiger partial charge in [0.1, 0.15) is 0 Å². The molecule has 9 heteroatoms. The zero-order valence-electron chi connectivity index (χ0n) is 7.24. The second-order valence-corrected chi connectivity index (χ2v) is 3.74. The van der Waals surface area contributed by atoms with Gasteiger partial charge in [0.05, 0.1) is 9.26 Å². The molecule has 1 heterocycles. The number of rotatable bonds is 2. The zero-order valence-corrected chi connectivity index (χ0v) is 9.40. The molecule has 90 valence electrons. The lowest BCUT2D eigenvalue weighted by atomic mass is 10.2. The first kappa shape index (κ1) is 13.2. The van der Waals surface area contributed by atoms with Gasteiger partial charge >= 0.3 is 6.36 Å². The standard InChI is InChI=1S/C7H3F5INO2/c8-5(9)2-1-3(13)14-6(15)4(2)16-7(10,11)12/h1,5H,(H,14,15). The highest BCUT2D eigenvalue weighted by molar-refractivity contribution is 14.1. The third kappa shape index (κ3) is 3.32. The Kier molecular flexibility index (Phi) is 3.76. The summed E-state index contributed by atoms with van der Waals surface area (Å²) < 4.78 is 63.5. The smallest absolute Gasteiger partial charge is 0.399 e. The zero-order chi connectivity index (χ0) is 12.5. The Bertz CT molecular complexity index is 441. The van der Waals surface area contributed by atoms with Crippen LogP contribution in [0.1, 0.15) is 12.0 Å². The van der Waals surface area contributed by atoms with Crippen LogP contribution in [0.3, 0.4) is 0 Å². The summed E-state index contributed by atoms with van der Waals surface area (Å²) in [4.78, 5) is 13.0. The van der Waals surface area contributed by atoms with Gasteiger partial charge in [-0.25, -0.2) is 8.78 Å². The summed E-state index contributed by atoms with van der Waals surface area (Å²) in [7, 11) is 0. The molecule has 0 bridgehead atoms. The quantitative estimate of drug-likeness (QED) is 0.504. The summed E-state index contributed by atoms with van der Waals surface area (Å²) in [6.07, 6.45) is -8.42. The summed E-state index contributed by atoms with van der Waals surface area (Å²) in [5.41, 5.74) is -2.44. The number of hydrogen-bond acceptors (Lipinski definition) is 2. The maximum Gasteiger partial charge on any atom is 0.573 e. The molecule has 0 aliphatic rings. The van der Waals surface area contributed by atoms with Gasteiger partial charge in [-0.2, -0.15) is 0 Å². The Balaban J connectivity index is 3.31. The summed E-state index contributed by atoms with van der Waals surface area (Å²) >= 11 is 1.49. The number of aromatic amines is 1. The van der Waals surface area contributed by atoms with E-state index in [0.29, 0.717) is 6.07 Å². The molecule has 0 aromatic carbocycles. The molecule has 0 saturated carbocycles. The van der Waals surface area contributed by atoms with Crippen LogP contribution < -0.4 is 10.3 Å². The number of aromatic nitrogens is 1. The van der Waals surface area contributed by atoms with Crippen LogP contribution in [0.2, 0.25) is 0 Å². The number of nitrogens with one attached hydrogen (secondary N) is 1. The Labute approximate surface area is 98.7 Å². The van der Waals surface area contributed by atoms with Crippen molar-refractivity contribution in [2.45, 2.75) is 12.8 Å². The van der Waals surface area contributed by atoms with Crippen molar-refractivity contribution >= 4 is 22.6 Å². The van der Waals surface area contributed by atoms with Gasteiger partial charge in [-0.1, -0.05) is 0 Å². The highest BCUT2D eigenvalue weighted by Crippen LogP contribution is 2.30. The van der Waals surface area contributed by atoms with Crippen LogP contribution in [0.5, 0.6) is 5.75 Å². The van der Waals surface area contributed by atoms with Gasteiger partial charge in [0.2, 0.25) is 5.75 Å². The molecule has 1 rings (SSSR count). The number of H-pyrrole nitrogens is 1. The van der Waals surface area contributed by atoms with E-state index >= 15 is 0 Å². The number of pyridine rings is 1. The van der Waals surface area contributed by atoms with E-state index in [2.05, 4.69) is 4.74 Å². The molecule has 1 aromatic heterocycles. The molecule has 0 aliphatic heterocycles. The molecule has 1 N–H and O–H groups in total. The first-order valence-corrected chi connectivity index (χ1v) is 4.75. The second kappa shape index (κ2) is 4.55. The molecule has 3 nitrogen and oxygen atoms in total. The Morgan fingerprint density at radius 3 is 2.38 bits per heavy atom. The van der Waals surface area contributed by atoms with Crippen LogP contribution in [0.4, 0.5) is 22.0 Å². The SMILES string of the molecule is O=c1[nH]c(I)cc(C(F)F)c1OC(F)(F)F. The lowest BCUT2D eigenvalue weighted by Crippen LogP contribution is -2.24. The summed E-state index contributed by atoms with van der Waals surface area (Å²) in [6.45, 7) is 0. The average Bonchev–Trinajstić information content (AvgIpc) is 2.07. The Morgan fingerprint density at radius 2 is 1.94 bits per heavy atom. The van der Waals surface area contributed by atoms with Gasteiger partial charge in [0.25, 0.3) is 12.0 Å². The summed E-state index contributed by atoms with van der Waals surface area (Å²) in [5, 5.41) is 0. The summed E-state index contributed by atoms with van der Waals surface area (Å²) in [6, 6.07) is 0.716. The minimum Gasteiger partial charge on any atom is -0.399 e. The van der Waals surface area contributed by atoms with E-state index in [1.807, 2.05) is 4.98 Å². The van der Waals surface area contributed by atoms with E-state index in [4.69, 9.17) is 0 Å². The van der Waals surface area contributed by atoms with Crippen molar-refractivity contribution < 1.29 is 26.7 Å². The predicted molar refractivity (Wildman–Crippen MR) is 51.4 cm³/mol. The van der Waals surface area contributed by atoms with E-state index in [0.717, 1.165) is 0 Å². The highest BCUT2D eigenvalue weighted by atomic mass is 127. The van der Waals surface area contributed by atoms with Crippen LogP contribution in [0, 0.1) is 3.70 Å². The topological polar surface area (TPSA) is 42.1 Å². The van der Waals surface area contributed by atoms with Crippen molar-refractivity contribution in [3.63, 3.8) is 0 Å². The van der Waals surface area contributed by atoms with Crippen LogP contribution in [-0.4, -0.2) is 11.3 Å². The molecular weight excluding hydrogens is 352 g/mol. The second-order valence-electron chi connectivity index (χ2n) is 2.58. The van der Waals surface area contributed by atoms with Crippen LogP contribution in [0.15, 0.2) is 10.9 Å². The van der Waals surface area contributed by atoms with Gasteiger partial charge in [0.15, 0.2) is 0 Å². The third-order valence-corrected chi connectivity index (χ3v) is 2.02. The molecule has 0 spiro atoms. The van der Waals surface area contributed by atoms with Crippen molar-refractivity contribution in [3.8, 4) is 5.75 Å². The van der Waals surface area contributed by atoms with Gasteiger partial charge in [-0.15, -0.1) is 13.2 Å². The van der Waals surface area contributed by atoms with E-state index in [1.54, 1.807) is 0 Å². The normalized spacial score (nSPS) is 11.9. The highest BCUT2D eigenvalue weighted by Gasteiger charge is 2.35. The molecule has 0 aliphatic carbocycles. The van der Waals surface area contributed by atoms with Gasteiger partial charge < -0.3 is 9.72 Å². The van der Waals surface area contributed by atoms with Gasteiger partial charge in [-0.3, -0.25) is 4.79 Å². The molecule has 0 amide bonds. The Hall–Kier alpha value is -0.870. The van der Waals surface area contributed by atoms with E-state index < -0.39 is 29.7 Å². The van der Waals surface area contributed by atoms with Crippen LogP contribution in [-0.2, 0) is 0 Å². The molecule has 0 fully saturated rings. The van der Waals surface area contributed by atoms with Crippen LogP contribution >= 0.6 is 22.6 Å². The Morgan fingerprint density at radius 1 is 1.38 bits per heavy atom. The fourth-order valence-electron chi connectivity index (χ4n) is 0.918. The lowest BCUT2D eigenvalue weighted by molar-refractivity contribution is -0.275. The first-order chi connectivity index (χ1) is 7.20. The maximum absolute atomic E-state index is 12.4. The monoisotopic (exact) mass is 355 g/mol. The molecule has 0 unspecified atom stereocenters.